The van der Waals surface area contributed by atoms with Crippen LogP contribution in [0.15, 0.2) is 42.6 Å². The molecule has 1 radical (unpaired) electrons. The van der Waals surface area contributed by atoms with E-state index in [0.717, 1.165) is 29.0 Å². The van der Waals surface area contributed by atoms with Crippen molar-refractivity contribution in [2.75, 3.05) is 0 Å². The van der Waals surface area contributed by atoms with Crippen LogP contribution in [0, 0.1) is 5.92 Å². The van der Waals surface area contributed by atoms with Gasteiger partial charge in [-0.2, -0.15) is 0 Å². The van der Waals surface area contributed by atoms with Gasteiger partial charge in [0.25, 0.3) is 0 Å². The van der Waals surface area contributed by atoms with Crippen LogP contribution >= 0.6 is 0 Å². The van der Waals surface area contributed by atoms with Crippen molar-refractivity contribution in [2.45, 2.75) is 20.3 Å². The second-order valence-electron chi connectivity index (χ2n) is 5.04. The molecular weight excluding hydrogens is 234 g/mol. The maximum Gasteiger partial charge on any atom is 0.157 e. The van der Waals surface area contributed by atoms with Gasteiger partial charge in [-0.3, -0.25) is 4.98 Å². The summed E-state index contributed by atoms with van der Waals surface area (Å²) in [7, 11) is 0. The summed E-state index contributed by atoms with van der Waals surface area (Å²) in [6.45, 7) is 4.29. The van der Waals surface area contributed by atoms with Crippen LogP contribution < -0.4 is 0 Å². The molecule has 0 bridgehead atoms. The highest BCUT2D eigenvalue weighted by Crippen LogP contribution is 2.21. The Balaban J connectivity index is 2.01. The Hall–Kier alpha value is -2.16. The summed E-state index contributed by atoms with van der Waals surface area (Å²) in [6.07, 6.45) is 2.78. The summed E-state index contributed by atoms with van der Waals surface area (Å²) >= 11 is 0. The lowest BCUT2D eigenvalue weighted by Gasteiger charge is -2.03. The summed E-state index contributed by atoms with van der Waals surface area (Å²) in [5.41, 5.74) is 4.22. The molecule has 95 valence electrons. The van der Waals surface area contributed by atoms with E-state index in [1.54, 1.807) is 6.20 Å². The maximum absolute atomic E-state index is 4.62. The van der Waals surface area contributed by atoms with Crippen molar-refractivity contribution in [3.05, 3.63) is 54.1 Å². The maximum atomic E-state index is 4.62. The lowest BCUT2D eigenvalue weighted by Crippen LogP contribution is -1.91. The van der Waals surface area contributed by atoms with Crippen LogP contribution in [-0.2, 0) is 6.42 Å². The molecule has 0 saturated heterocycles. The summed E-state index contributed by atoms with van der Waals surface area (Å²) in [4.78, 5) is 12.3. The Morgan fingerprint density at radius 1 is 1.16 bits per heavy atom. The number of aromatic nitrogens is 3. The van der Waals surface area contributed by atoms with Crippen molar-refractivity contribution in [1.29, 1.82) is 0 Å². The number of H-pyrrole nitrogens is 1. The Morgan fingerprint density at radius 3 is 2.79 bits per heavy atom. The van der Waals surface area contributed by atoms with Crippen LogP contribution in [0.1, 0.15) is 19.4 Å². The monoisotopic (exact) mass is 250 g/mol. The van der Waals surface area contributed by atoms with Crippen molar-refractivity contribution in [1.82, 2.24) is 15.0 Å². The molecule has 0 saturated carbocycles. The molecule has 3 aromatic rings. The third-order valence-electron chi connectivity index (χ3n) is 3.01. The molecule has 3 rings (SSSR count). The van der Waals surface area contributed by atoms with Crippen molar-refractivity contribution < 1.29 is 0 Å². The minimum Gasteiger partial charge on any atom is -0.337 e. The van der Waals surface area contributed by atoms with Gasteiger partial charge in [0.15, 0.2) is 5.82 Å². The Labute approximate surface area is 112 Å². The highest BCUT2D eigenvalue weighted by molar-refractivity contribution is 5.79. The van der Waals surface area contributed by atoms with E-state index in [-0.39, 0.29) is 0 Å². The second kappa shape index (κ2) is 4.84. The highest BCUT2D eigenvalue weighted by Gasteiger charge is 2.07. The molecule has 0 spiro atoms. The standard InChI is InChI=1S/C16H16N3/c1-11(2)9-12-6-7-13-15(10-12)19-16(18-13)14-5-3-4-8-17-14/h3-8,10H,9H2,1-2H3,(H,18,19). The number of rotatable bonds is 3. The predicted molar refractivity (Wildman–Crippen MR) is 77.6 cm³/mol. The first kappa shape index (κ1) is 11.9. The summed E-state index contributed by atoms with van der Waals surface area (Å²) in [6, 6.07) is 12.2. The predicted octanol–water partition coefficient (Wildman–Crippen LogP) is 3.78. The quantitative estimate of drug-likeness (QED) is 0.768. The van der Waals surface area contributed by atoms with Crippen molar-refractivity contribution in [3.63, 3.8) is 0 Å². The number of fused-ring (bicyclic) bond motifs is 1. The zero-order valence-corrected chi connectivity index (χ0v) is 11.1. The van der Waals surface area contributed by atoms with Gasteiger partial charge < -0.3 is 4.98 Å². The lowest BCUT2D eigenvalue weighted by molar-refractivity contribution is 0.958. The number of pyridine rings is 1. The average Bonchev–Trinajstić information content (AvgIpc) is 2.82. The molecule has 0 fully saturated rings. The number of imidazole rings is 1. The van der Waals surface area contributed by atoms with Gasteiger partial charge in [0.05, 0.1) is 11.0 Å². The van der Waals surface area contributed by atoms with Crippen molar-refractivity contribution >= 4 is 11.0 Å². The summed E-state index contributed by atoms with van der Waals surface area (Å²) in [5, 5.41) is 0. The molecule has 0 unspecified atom stereocenters. The lowest BCUT2D eigenvalue weighted by atomic mass is 10.0. The number of benzene rings is 1. The third kappa shape index (κ3) is 2.50. The second-order valence-corrected chi connectivity index (χ2v) is 5.04. The zero-order valence-electron chi connectivity index (χ0n) is 11.1. The van der Waals surface area contributed by atoms with Crippen LogP contribution in [0.4, 0.5) is 0 Å². The molecule has 0 aliphatic carbocycles. The molecule has 0 amide bonds. The minimum atomic E-state index is 0.824. The highest BCUT2D eigenvalue weighted by atomic mass is 14.9. The van der Waals surface area contributed by atoms with E-state index < -0.39 is 0 Å². The smallest absolute Gasteiger partial charge is 0.157 e. The molecule has 1 N–H and O–H groups in total. The molecular formula is C16H16N3. The molecule has 0 aliphatic heterocycles. The summed E-state index contributed by atoms with van der Waals surface area (Å²) < 4.78 is 0. The molecule has 1 aromatic carbocycles. The average molecular weight is 250 g/mol. The van der Waals surface area contributed by atoms with Gasteiger partial charge in [-0.1, -0.05) is 26.0 Å². The van der Waals surface area contributed by atoms with E-state index in [1.165, 1.54) is 11.5 Å². The molecule has 0 atom stereocenters. The van der Waals surface area contributed by atoms with Crippen molar-refractivity contribution in [3.8, 4) is 11.5 Å². The number of nitrogens with zero attached hydrogens (tertiary/aromatic N) is 2. The van der Waals surface area contributed by atoms with E-state index in [2.05, 4.69) is 47.0 Å². The first-order chi connectivity index (χ1) is 9.22. The normalized spacial score (nSPS) is 11.3. The van der Waals surface area contributed by atoms with Gasteiger partial charge in [0.1, 0.15) is 5.69 Å². The topological polar surface area (TPSA) is 41.6 Å². The van der Waals surface area contributed by atoms with Crippen LogP contribution in [0.5, 0.6) is 0 Å². The fourth-order valence-electron chi connectivity index (χ4n) is 2.19. The number of nitrogens with one attached hydrogen (secondary N) is 1. The van der Waals surface area contributed by atoms with Gasteiger partial charge in [0, 0.05) is 6.20 Å². The van der Waals surface area contributed by atoms with E-state index >= 15 is 0 Å². The summed E-state index contributed by atoms with van der Waals surface area (Å²) in [5.74, 6) is 2.23. The first-order valence-electron chi connectivity index (χ1n) is 6.41. The van der Waals surface area contributed by atoms with Crippen LogP contribution in [-0.4, -0.2) is 15.0 Å². The molecule has 0 aliphatic rings. The van der Waals surface area contributed by atoms with Gasteiger partial charge in [0.2, 0.25) is 0 Å². The molecule has 2 heterocycles. The van der Waals surface area contributed by atoms with Gasteiger partial charge >= 0.3 is 0 Å². The van der Waals surface area contributed by atoms with Gasteiger partial charge in [-0.25, -0.2) is 4.98 Å². The van der Waals surface area contributed by atoms with Crippen LogP contribution in [0.25, 0.3) is 22.6 Å². The molecule has 2 aromatic heterocycles. The molecule has 3 heteroatoms. The van der Waals surface area contributed by atoms with Crippen LogP contribution in [0.2, 0.25) is 0 Å². The Bertz CT molecular complexity index is 684. The van der Waals surface area contributed by atoms with Gasteiger partial charge in [-0.15, -0.1) is 0 Å². The number of hydrogen-bond acceptors (Lipinski definition) is 2. The van der Waals surface area contributed by atoms with Crippen LogP contribution in [0.3, 0.4) is 0 Å². The Kier molecular flexibility index (Phi) is 3.03. The fraction of sp³-hybridized carbons (Fsp3) is 0.188. The number of hydrogen-bond donors (Lipinski definition) is 1. The largest absolute Gasteiger partial charge is 0.337 e. The third-order valence-corrected chi connectivity index (χ3v) is 3.01. The fourth-order valence-corrected chi connectivity index (χ4v) is 2.19. The molecule has 19 heavy (non-hydrogen) atoms. The van der Waals surface area contributed by atoms with E-state index in [4.69, 9.17) is 0 Å². The van der Waals surface area contributed by atoms with E-state index in [1.807, 2.05) is 18.2 Å². The van der Waals surface area contributed by atoms with Gasteiger partial charge in [-0.05, 0) is 42.2 Å². The Morgan fingerprint density at radius 2 is 2.05 bits per heavy atom. The minimum absolute atomic E-state index is 0.824. The van der Waals surface area contributed by atoms with Crippen molar-refractivity contribution in [2.24, 2.45) is 0 Å². The van der Waals surface area contributed by atoms with E-state index in [0.29, 0.717) is 0 Å². The molecule has 3 nitrogen and oxygen atoms in total. The number of aromatic amines is 1. The first-order valence-corrected chi connectivity index (χ1v) is 6.41. The SMILES string of the molecule is C[C](C)Cc1ccc2[nH]c(-c3ccccn3)nc2c1. The van der Waals surface area contributed by atoms with E-state index in [9.17, 15) is 0 Å². The zero-order chi connectivity index (χ0) is 13.2.